The Morgan fingerprint density at radius 1 is 0.913 bits per heavy atom. The number of nitrogens with one attached hydrogen (secondary N) is 2. The number of rotatable bonds is 3. The van der Waals surface area contributed by atoms with Crippen molar-refractivity contribution in [2.24, 2.45) is 0 Å². The molecular weight excluding hydrogens is 403 g/mol. The van der Waals surface area contributed by atoms with Crippen molar-refractivity contribution in [2.75, 3.05) is 5.32 Å². The van der Waals surface area contributed by atoms with Crippen molar-refractivity contribution in [3.05, 3.63) is 63.2 Å². The summed E-state index contributed by atoms with van der Waals surface area (Å²) in [4.78, 5) is 24.3. The third-order valence-electron chi connectivity index (χ3n) is 3.01. The molecule has 0 saturated heterocycles. The van der Waals surface area contributed by atoms with Crippen molar-refractivity contribution in [1.29, 1.82) is 0 Å². The first-order valence-corrected chi connectivity index (χ1v) is 8.32. The summed E-state index contributed by atoms with van der Waals surface area (Å²) in [5.41, 5.74) is 1.56. The zero-order valence-electron chi connectivity index (χ0n) is 13.3. The molecule has 0 radical (unpaired) electrons. The Bertz CT molecular complexity index is 719. The lowest BCUT2D eigenvalue weighted by atomic mass is 10.1. The molecule has 0 unspecified atom stereocenters. The molecule has 0 spiro atoms. The highest BCUT2D eigenvalue weighted by atomic mass is 127. The number of carbonyl (C=O) groups excluding carboxylic acids is 2. The van der Waals surface area contributed by atoms with Crippen molar-refractivity contribution in [1.82, 2.24) is 5.32 Å². The number of carbonyl (C=O) groups is 2. The van der Waals surface area contributed by atoms with Crippen LogP contribution in [0, 0.1) is 3.57 Å². The van der Waals surface area contributed by atoms with Crippen LogP contribution in [0.5, 0.6) is 0 Å². The Morgan fingerprint density at radius 2 is 1.52 bits per heavy atom. The van der Waals surface area contributed by atoms with Crippen molar-refractivity contribution >= 4 is 40.1 Å². The molecule has 2 rings (SSSR count). The van der Waals surface area contributed by atoms with Crippen LogP contribution in [0.2, 0.25) is 0 Å². The van der Waals surface area contributed by atoms with Gasteiger partial charge in [0, 0.05) is 20.4 Å². The zero-order valence-corrected chi connectivity index (χ0v) is 15.5. The number of halogens is 1. The summed E-state index contributed by atoms with van der Waals surface area (Å²) in [5.74, 6) is -0.296. The molecule has 0 bridgehead atoms. The standard InChI is InChI=1S/C18H19IN2O2/c1-18(2,3)21-16(22)12-8-10-13(11-9-12)20-17(23)14-6-4-5-7-15(14)19/h4-11H,1-3H3,(H,20,23)(H,21,22). The molecule has 2 N–H and O–H groups in total. The molecule has 2 amide bonds. The fourth-order valence-corrected chi connectivity index (χ4v) is 2.59. The van der Waals surface area contributed by atoms with E-state index in [0.717, 1.165) is 3.57 Å². The predicted molar refractivity (Wildman–Crippen MR) is 101 cm³/mol. The van der Waals surface area contributed by atoms with Gasteiger partial charge < -0.3 is 10.6 Å². The van der Waals surface area contributed by atoms with Crippen LogP contribution < -0.4 is 10.6 Å². The Labute approximate surface area is 149 Å². The van der Waals surface area contributed by atoms with Crippen LogP contribution >= 0.6 is 22.6 Å². The second-order valence-corrected chi connectivity index (χ2v) is 7.38. The van der Waals surface area contributed by atoms with E-state index in [0.29, 0.717) is 16.8 Å². The lowest BCUT2D eigenvalue weighted by Crippen LogP contribution is -2.40. The maximum Gasteiger partial charge on any atom is 0.256 e. The van der Waals surface area contributed by atoms with Crippen LogP contribution in [0.4, 0.5) is 5.69 Å². The van der Waals surface area contributed by atoms with Crippen molar-refractivity contribution < 1.29 is 9.59 Å². The van der Waals surface area contributed by atoms with E-state index in [2.05, 4.69) is 33.2 Å². The van der Waals surface area contributed by atoms with Crippen LogP contribution in [-0.4, -0.2) is 17.4 Å². The third-order valence-corrected chi connectivity index (χ3v) is 3.95. The Kier molecular flexibility index (Phi) is 5.41. The van der Waals surface area contributed by atoms with Crippen LogP contribution in [0.25, 0.3) is 0 Å². The summed E-state index contributed by atoms with van der Waals surface area (Å²) < 4.78 is 0.892. The normalized spacial score (nSPS) is 11.0. The number of hydrogen-bond donors (Lipinski definition) is 2. The van der Waals surface area contributed by atoms with E-state index in [9.17, 15) is 9.59 Å². The van der Waals surface area contributed by atoms with Gasteiger partial charge in [0.2, 0.25) is 0 Å². The average molecular weight is 422 g/mol. The molecule has 23 heavy (non-hydrogen) atoms. The molecule has 120 valence electrons. The summed E-state index contributed by atoms with van der Waals surface area (Å²) in [6, 6.07) is 14.2. The molecule has 0 aliphatic carbocycles. The largest absolute Gasteiger partial charge is 0.347 e. The second-order valence-electron chi connectivity index (χ2n) is 6.22. The number of hydrogen-bond acceptors (Lipinski definition) is 2. The summed E-state index contributed by atoms with van der Waals surface area (Å²) in [7, 11) is 0. The molecule has 0 aromatic heterocycles. The van der Waals surface area contributed by atoms with E-state index >= 15 is 0 Å². The van der Waals surface area contributed by atoms with Crippen molar-refractivity contribution in [3.63, 3.8) is 0 Å². The topological polar surface area (TPSA) is 58.2 Å². The van der Waals surface area contributed by atoms with Crippen molar-refractivity contribution in [2.45, 2.75) is 26.3 Å². The van der Waals surface area contributed by atoms with E-state index in [1.54, 1.807) is 30.3 Å². The first-order chi connectivity index (χ1) is 10.8. The molecular formula is C18H19IN2O2. The van der Waals surface area contributed by atoms with Gasteiger partial charge in [0.15, 0.2) is 0 Å². The first kappa shape index (κ1) is 17.5. The van der Waals surface area contributed by atoms with Gasteiger partial charge in [-0.1, -0.05) is 12.1 Å². The van der Waals surface area contributed by atoms with Crippen LogP contribution in [0.1, 0.15) is 41.5 Å². The maximum absolute atomic E-state index is 12.2. The number of amides is 2. The monoisotopic (exact) mass is 422 g/mol. The number of benzene rings is 2. The highest BCUT2D eigenvalue weighted by Crippen LogP contribution is 2.15. The smallest absolute Gasteiger partial charge is 0.256 e. The van der Waals surface area contributed by atoms with Gasteiger partial charge in [0.25, 0.3) is 11.8 Å². The van der Waals surface area contributed by atoms with E-state index in [-0.39, 0.29) is 17.4 Å². The van der Waals surface area contributed by atoms with Gasteiger partial charge in [0.1, 0.15) is 0 Å². The highest BCUT2D eigenvalue weighted by molar-refractivity contribution is 14.1. The summed E-state index contributed by atoms with van der Waals surface area (Å²) in [6.07, 6.45) is 0. The Morgan fingerprint density at radius 3 is 2.09 bits per heavy atom. The minimum atomic E-state index is -0.284. The molecule has 0 aliphatic rings. The quantitative estimate of drug-likeness (QED) is 0.733. The van der Waals surface area contributed by atoms with Gasteiger partial charge in [-0.05, 0) is 79.8 Å². The van der Waals surface area contributed by atoms with Gasteiger partial charge in [-0.3, -0.25) is 9.59 Å². The maximum atomic E-state index is 12.2. The minimum absolute atomic E-state index is 0.131. The first-order valence-electron chi connectivity index (χ1n) is 7.25. The lowest BCUT2D eigenvalue weighted by Gasteiger charge is -2.20. The SMILES string of the molecule is CC(C)(C)NC(=O)c1ccc(NC(=O)c2ccccc2I)cc1. The molecule has 5 heteroatoms. The van der Waals surface area contributed by atoms with Gasteiger partial charge in [-0.15, -0.1) is 0 Å². The minimum Gasteiger partial charge on any atom is -0.347 e. The Balaban J connectivity index is 2.07. The van der Waals surface area contributed by atoms with E-state index in [1.807, 2.05) is 39.0 Å². The van der Waals surface area contributed by atoms with Gasteiger partial charge in [-0.2, -0.15) is 0 Å². The van der Waals surface area contributed by atoms with E-state index in [4.69, 9.17) is 0 Å². The van der Waals surface area contributed by atoms with Gasteiger partial charge in [-0.25, -0.2) is 0 Å². The second kappa shape index (κ2) is 7.12. The van der Waals surface area contributed by atoms with Crippen LogP contribution in [0.15, 0.2) is 48.5 Å². The summed E-state index contributed by atoms with van der Waals surface area (Å²) in [6.45, 7) is 5.79. The molecule has 4 nitrogen and oxygen atoms in total. The molecule has 0 fully saturated rings. The molecule has 0 aliphatic heterocycles. The molecule has 0 atom stereocenters. The van der Waals surface area contributed by atoms with Crippen LogP contribution in [0.3, 0.4) is 0 Å². The molecule has 2 aromatic rings. The molecule has 0 saturated carbocycles. The highest BCUT2D eigenvalue weighted by Gasteiger charge is 2.15. The van der Waals surface area contributed by atoms with Gasteiger partial charge in [0.05, 0.1) is 5.56 Å². The van der Waals surface area contributed by atoms with Crippen LogP contribution in [-0.2, 0) is 0 Å². The molecule has 2 aromatic carbocycles. The van der Waals surface area contributed by atoms with E-state index in [1.165, 1.54) is 0 Å². The fraction of sp³-hybridized carbons (Fsp3) is 0.222. The number of anilines is 1. The molecule has 0 heterocycles. The van der Waals surface area contributed by atoms with E-state index < -0.39 is 0 Å². The average Bonchev–Trinajstić information content (AvgIpc) is 2.46. The van der Waals surface area contributed by atoms with Crippen molar-refractivity contribution in [3.8, 4) is 0 Å². The summed E-state index contributed by atoms with van der Waals surface area (Å²) >= 11 is 2.13. The Hall–Kier alpha value is -1.89. The van der Waals surface area contributed by atoms with Gasteiger partial charge >= 0.3 is 0 Å². The fourth-order valence-electron chi connectivity index (χ4n) is 1.96. The third kappa shape index (κ3) is 5.06. The lowest BCUT2D eigenvalue weighted by molar-refractivity contribution is 0.0919. The zero-order chi connectivity index (χ0) is 17.0. The summed E-state index contributed by atoms with van der Waals surface area (Å²) in [5, 5.41) is 5.74. The predicted octanol–water partition coefficient (Wildman–Crippen LogP) is 4.07.